The van der Waals surface area contributed by atoms with E-state index in [2.05, 4.69) is 34.9 Å². The average Bonchev–Trinajstić information content (AvgIpc) is 2.71. The molecule has 6 heteroatoms. The van der Waals surface area contributed by atoms with Crippen molar-refractivity contribution < 1.29 is 53.1 Å². The highest BCUT2D eigenvalue weighted by Gasteiger charge is 2.55. The molecule has 0 aliphatic carbocycles. The SMILES string of the molecule is CCCCCCCCCC[N+](C)(C)C(CC)C(O)(O)[N+](C)(C)CCCCCCCCCC.[Br-].[Br-]. The van der Waals surface area contributed by atoms with Crippen LogP contribution in [0.5, 0.6) is 0 Å². The molecule has 0 bridgehead atoms. The molecule has 0 spiro atoms. The number of nitrogens with zero attached hydrogens (tertiary/aromatic N) is 2. The lowest BCUT2D eigenvalue weighted by Crippen LogP contribution is -3.00. The quantitative estimate of drug-likeness (QED) is 0.107. The van der Waals surface area contributed by atoms with Gasteiger partial charge in [0.15, 0.2) is 0 Å². The molecule has 0 amide bonds. The Kier molecular flexibility index (Phi) is 25.3. The van der Waals surface area contributed by atoms with Gasteiger partial charge in [0.2, 0.25) is 6.04 Å². The van der Waals surface area contributed by atoms with Crippen LogP contribution in [0.25, 0.3) is 0 Å². The van der Waals surface area contributed by atoms with Crippen molar-refractivity contribution in [2.45, 2.75) is 142 Å². The zero-order chi connectivity index (χ0) is 24.5. The van der Waals surface area contributed by atoms with E-state index in [9.17, 15) is 10.2 Å². The molecule has 1 unspecified atom stereocenters. The van der Waals surface area contributed by atoms with Crippen LogP contribution >= 0.6 is 0 Å². The van der Waals surface area contributed by atoms with Gasteiger partial charge in [-0.1, -0.05) is 97.8 Å². The van der Waals surface area contributed by atoms with Crippen LogP contribution in [0.3, 0.4) is 0 Å². The number of rotatable bonds is 22. The van der Waals surface area contributed by atoms with Gasteiger partial charge in [0, 0.05) is 6.42 Å². The lowest BCUT2D eigenvalue weighted by Gasteiger charge is -2.49. The van der Waals surface area contributed by atoms with E-state index in [-0.39, 0.29) is 44.5 Å². The highest BCUT2D eigenvalue weighted by molar-refractivity contribution is 4.68. The minimum absolute atomic E-state index is 0. The summed E-state index contributed by atoms with van der Waals surface area (Å²) in [4.78, 5) is 0. The van der Waals surface area contributed by atoms with E-state index >= 15 is 0 Å². The van der Waals surface area contributed by atoms with Crippen molar-refractivity contribution >= 4 is 0 Å². The fourth-order valence-electron chi connectivity index (χ4n) is 5.25. The van der Waals surface area contributed by atoms with Gasteiger partial charge in [-0.25, -0.2) is 0 Å². The second-order valence-electron chi connectivity index (χ2n) is 11.5. The van der Waals surface area contributed by atoms with Crippen LogP contribution in [-0.4, -0.2) is 72.4 Å². The van der Waals surface area contributed by atoms with Crippen LogP contribution < -0.4 is 34.0 Å². The number of quaternary nitrogens is 2. The first-order valence-electron chi connectivity index (χ1n) is 14.2. The molecule has 2 N–H and O–H groups in total. The van der Waals surface area contributed by atoms with Crippen LogP contribution in [-0.2, 0) is 0 Å². The van der Waals surface area contributed by atoms with E-state index < -0.39 is 5.91 Å². The van der Waals surface area contributed by atoms with Crippen molar-refractivity contribution in [1.82, 2.24) is 0 Å². The van der Waals surface area contributed by atoms with Gasteiger partial charge in [-0.3, -0.25) is 4.48 Å². The maximum absolute atomic E-state index is 11.4. The Bertz CT molecular complexity index is 446. The number of aliphatic hydroxyl groups is 2. The average molecular weight is 619 g/mol. The summed E-state index contributed by atoms with van der Waals surface area (Å²) in [7, 11) is 8.38. The van der Waals surface area contributed by atoms with Crippen molar-refractivity contribution in [3.8, 4) is 0 Å². The molecule has 4 nitrogen and oxygen atoms in total. The van der Waals surface area contributed by atoms with Gasteiger partial charge in [0.05, 0.1) is 41.3 Å². The largest absolute Gasteiger partial charge is 1.00 e. The third-order valence-corrected chi connectivity index (χ3v) is 7.73. The number of halogens is 2. The molecular formula is C28H62Br2N2O2. The van der Waals surface area contributed by atoms with Gasteiger partial charge in [-0.15, -0.1) is 0 Å². The van der Waals surface area contributed by atoms with Crippen LogP contribution in [0, 0.1) is 0 Å². The maximum Gasteiger partial charge on any atom is 0.368 e. The Morgan fingerprint density at radius 1 is 0.529 bits per heavy atom. The van der Waals surface area contributed by atoms with Gasteiger partial charge in [-0.05, 0) is 25.7 Å². The molecule has 210 valence electrons. The third kappa shape index (κ3) is 15.8. The standard InChI is InChI=1S/C28H62N2O2.2BrH/c1-8-11-13-15-17-19-21-23-25-29(4,5)27(10-3)28(31,32)30(6,7)26-24-22-20-18-16-14-12-9-2;;/h27,31-32H,8-26H2,1-7H3;2*1H/q+2;;/p-2. The van der Waals surface area contributed by atoms with Gasteiger partial charge >= 0.3 is 5.91 Å². The molecule has 0 aromatic carbocycles. The minimum Gasteiger partial charge on any atom is -1.00 e. The van der Waals surface area contributed by atoms with Gasteiger partial charge < -0.3 is 48.7 Å². The summed E-state index contributed by atoms with van der Waals surface area (Å²) < 4.78 is 0.943. The highest BCUT2D eigenvalue weighted by atomic mass is 79.9. The van der Waals surface area contributed by atoms with Crippen LogP contribution in [0.4, 0.5) is 0 Å². The second-order valence-corrected chi connectivity index (χ2v) is 11.5. The number of likely N-dealkylation sites (N-methyl/N-ethyl adjacent to an activating group) is 2. The summed E-state index contributed by atoms with van der Waals surface area (Å²) >= 11 is 0. The predicted molar refractivity (Wildman–Crippen MR) is 140 cm³/mol. The van der Waals surface area contributed by atoms with Crippen LogP contribution in [0.15, 0.2) is 0 Å². The Morgan fingerprint density at radius 3 is 1.21 bits per heavy atom. The van der Waals surface area contributed by atoms with E-state index in [4.69, 9.17) is 0 Å². The first-order valence-corrected chi connectivity index (χ1v) is 14.2. The number of hydrogen-bond acceptors (Lipinski definition) is 2. The zero-order valence-electron chi connectivity index (χ0n) is 24.1. The molecule has 0 fully saturated rings. The first kappa shape index (κ1) is 39.3. The summed E-state index contributed by atoms with van der Waals surface area (Å²) in [5.74, 6) is -1.71. The number of hydrogen-bond donors (Lipinski definition) is 2. The topological polar surface area (TPSA) is 40.5 Å². The molecule has 1 atom stereocenters. The van der Waals surface area contributed by atoms with E-state index in [0.717, 1.165) is 25.9 Å². The number of unbranched alkanes of at least 4 members (excludes halogenated alkanes) is 14. The second kappa shape index (κ2) is 21.8. The smallest absolute Gasteiger partial charge is 0.368 e. The Balaban J connectivity index is -0.00000480. The molecule has 0 aromatic heterocycles. The predicted octanol–water partition coefficient (Wildman–Crippen LogP) is 0.846. The monoisotopic (exact) mass is 616 g/mol. The summed E-state index contributed by atoms with van der Waals surface area (Å²) in [6, 6.07) is -0.184. The molecule has 0 aliphatic rings. The molecule has 0 saturated carbocycles. The van der Waals surface area contributed by atoms with Gasteiger partial charge in [-0.2, -0.15) is 0 Å². The van der Waals surface area contributed by atoms with Crippen molar-refractivity contribution in [3.63, 3.8) is 0 Å². The van der Waals surface area contributed by atoms with Gasteiger partial charge in [0.1, 0.15) is 0 Å². The third-order valence-electron chi connectivity index (χ3n) is 7.73. The fraction of sp³-hybridized carbons (Fsp3) is 1.00. The van der Waals surface area contributed by atoms with Crippen LogP contribution in [0.1, 0.15) is 130 Å². The van der Waals surface area contributed by atoms with Crippen molar-refractivity contribution in [2.24, 2.45) is 0 Å². The minimum atomic E-state index is -1.71. The fourth-order valence-corrected chi connectivity index (χ4v) is 5.25. The normalized spacial score (nSPS) is 13.3. The van der Waals surface area contributed by atoms with Crippen LogP contribution in [0.2, 0.25) is 0 Å². The molecule has 0 radical (unpaired) electrons. The Morgan fingerprint density at radius 2 is 0.853 bits per heavy atom. The molecule has 34 heavy (non-hydrogen) atoms. The van der Waals surface area contributed by atoms with Crippen molar-refractivity contribution in [1.29, 1.82) is 0 Å². The Hall–Kier alpha value is 0.800. The highest BCUT2D eigenvalue weighted by Crippen LogP contribution is 2.30. The maximum atomic E-state index is 11.4. The lowest BCUT2D eigenvalue weighted by atomic mass is 10.0. The van der Waals surface area contributed by atoms with Crippen molar-refractivity contribution in [2.75, 3.05) is 41.3 Å². The van der Waals surface area contributed by atoms with Gasteiger partial charge in [0.25, 0.3) is 0 Å². The van der Waals surface area contributed by atoms with E-state index in [1.54, 1.807) is 0 Å². The molecule has 0 heterocycles. The van der Waals surface area contributed by atoms with Crippen molar-refractivity contribution in [3.05, 3.63) is 0 Å². The summed E-state index contributed by atoms with van der Waals surface area (Å²) in [5.41, 5.74) is 0. The summed E-state index contributed by atoms with van der Waals surface area (Å²) in [5, 5.41) is 22.7. The molecule has 0 aliphatic heterocycles. The Labute approximate surface area is 235 Å². The van der Waals surface area contributed by atoms with E-state index in [1.165, 1.54) is 96.3 Å². The summed E-state index contributed by atoms with van der Waals surface area (Å²) in [6.45, 7) is 8.46. The lowest BCUT2D eigenvalue weighted by molar-refractivity contribution is -1.05. The molecule has 0 saturated heterocycles. The zero-order valence-corrected chi connectivity index (χ0v) is 27.2. The summed E-state index contributed by atoms with van der Waals surface area (Å²) in [6.07, 6.45) is 21.5. The molecule has 0 rings (SSSR count). The molecular weight excluding hydrogens is 556 g/mol. The molecule has 0 aromatic rings. The van der Waals surface area contributed by atoms with E-state index in [1.807, 2.05) is 14.1 Å². The first-order chi connectivity index (χ1) is 15.1. The van der Waals surface area contributed by atoms with E-state index in [0.29, 0.717) is 4.48 Å².